The largest absolute Gasteiger partial charge is 0.493 e. The molecule has 0 amide bonds. The maximum absolute atomic E-state index is 5.78. The number of benzene rings is 1. The van der Waals surface area contributed by atoms with Gasteiger partial charge in [0, 0.05) is 23.9 Å². The summed E-state index contributed by atoms with van der Waals surface area (Å²) in [6.07, 6.45) is 0.139. The smallest absolute Gasteiger partial charge is 0.125 e. The first-order chi connectivity index (χ1) is 7.47. The quantitative estimate of drug-likeness (QED) is 0.780. The molecule has 0 aliphatic carbocycles. The van der Waals surface area contributed by atoms with E-state index >= 15 is 0 Å². The van der Waals surface area contributed by atoms with E-state index in [4.69, 9.17) is 15.2 Å². The average molecular weight is 223 g/mol. The monoisotopic (exact) mass is 223 g/mol. The zero-order valence-electron chi connectivity index (χ0n) is 10.5. The molecule has 3 heteroatoms. The van der Waals surface area contributed by atoms with E-state index in [0.29, 0.717) is 18.2 Å². The molecule has 0 heterocycles. The number of anilines is 1. The lowest BCUT2D eigenvalue weighted by Gasteiger charge is -2.13. The van der Waals surface area contributed by atoms with Crippen LogP contribution in [0.1, 0.15) is 27.7 Å². The van der Waals surface area contributed by atoms with Crippen molar-refractivity contribution in [3.8, 4) is 11.5 Å². The first-order valence-electron chi connectivity index (χ1n) is 5.67. The molecule has 90 valence electrons. The van der Waals surface area contributed by atoms with Crippen LogP contribution in [0.25, 0.3) is 0 Å². The van der Waals surface area contributed by atoms with Crippen LogP contribution in [-0.4, -0.2) is 12.7 Å². The van der Waals surface area contributed by atoms with Crippen molar-refractivity contribution in [2.24, 2.45) is 5.92 Å². The number of nitrogen functional groups attached to an aromatic ring is 1. The fraction of sp³-hybridized carbons (Fsp3) is 0.538. The number of nitrogens with two attached hydrogens (primary N) is 1. The Balaban J connectivity index is 2.73. The number of hydrogen-bond acceptors (Lipinski definition) is 3. The molecule has 3 nitrogen and oxygen atoms in total. The Morgan fingerprint density at radius 3 is 2.25 bits per heavy atom. The van der Waals surface area contributed by atoms with Gasteiger partial charge < -0.3 is 15.2 Å². The molecule has 0 aliphatic rings. The van der Waals surface area contributed by atoms with Gasteiger partial charge in [-0.25, -0.2) is 0 Å². The Kier molecular flexibility index (Phi) is 4.47. The first-order valence-corrected chi connectivity index (χ1v) is 5.67. The SMILES string of the molecule is CC(C)COc1cc(N)cc(OC(C)C)c1. The van der Waals surface area contributed by atoms with Crippen LogP contribution in [0, 0.1) is 5.92 Å². The van der Waals surface area contributed by atoms with Crippen LogP contribution in [-0.2, 0) is 0 Å². The fourth-order valence-electron chi connectivity index (χ4n) is 1.28. The molecule has 0 saturated carbocycles. The topological polar surface area (TPSA) is 44.5 Å². The molecule has 2 N–H and O–H groups in total. The Morgan fingerprint density at radius 1 is 1.06 bits per heavy atom. The zero-order chi connectivity index (χ0) is 12.1. The minimum absolute atomic E-state index is 0.139. The third-order valence-corrected chi connectivity index (χ3v) is 1.86. The van der Waals surface area contributed by atoms with Crippen LogP contribution in [0.4, 0.5) is 5.69 Å². The zero-order valence-corrected chi connectivity index (χ0v) is 10.5. The van der Waals surface area contributed by atoms with Crippen molar-refractivity contribution in [3.63, 3.8) is 0 Å². The van der Waals surface area contributed by atoms with Crippen LogP contribution in [0.2, 0.25) is 0 Å². The summed E-state index contributed by atoms with van der Waals surface area (Å²) in [4.78, 5) is 0. The van der Waals surface area contributed by atoms with E-state index in [1.807, 2.05) is 32.0 Å². The molecule has 0 spiro atoms. The molecule has 1 aromatic rings. The second-order valence-corrected chi connectivity index (χ2v) is 4.61. The third kappa shape index (κ3) is 4.43. The highest BCUT2D eigenvalue weighted by atomic mass is 16.5. The second kappa shape index (κ2) is 5.64. The number of rotatable bonds is 5. The molecule has 0 unspecified atom stereocenters. The van der Waals surface area contributed by atoms with E-state index < -0.39 is 0 Å². The Bertz CT molecular complexity index is 335. The highest BCUT2D eigenvalue weighted by Crippen LogP contribution is 2.25. The summed E-state index contributed by atoms with van der Waals surface area (Å²) in [5.41, 5.74) is 6.45. The highest BCUT2D eigenvalue weighted by Gasteiger charge is 2.04. The Hall–Kier alpha value is -1.38. The number of hydrogen-bond donors (Lipinski definition) is 1. The minimum Gasteiger partial charge on any atom is -0.493 e. The molecule has 0 fully saturated rings. The standard InChI is InChI=1S/C13H21NO2/c1-9(2)8-15-12-5-11(14)6-13(7-12)16-10(3)4/h5-7,9-10H,8,14H2,1-4H3. The van der Waals surface area contributed by atoms with Crippen LogP contribution in [0.5, 0.6) is 11.5 Å². The van der Waals surface area contributed by atoms with E-state index in [2.05, 4.69) is 13.8 Å². The van der Waals surface area contributed by atoms with Gasteiger partial charge in [-0.05, 0) is 19.8 Å². The molecule has 0 atom stereocenters. The highest BCUT2D eigenvalue weighted by molar-refractivity contribution is 5.50. The molecular formula is C13H21NO2. The van der Waals surface area contributed by atoms with E-state index in [0.717, 1.165) is 11.5 Å². The van der Waals surface area contributed by atoms with Crippen LogP contribution in [0.15, 0.2) is 18.2 Å². The normalized spacial score (nSPS) is 10.9. The molecule has 16 heavy (non-hydrogen) atoms. The van der Waals surface area contributed by atoms with Gasteiger partial charge in [-0.2, -0.15) is 0 Å². The lowest BCUT2D eigenvalue weighted by atomic mass is 10.2. The summed E-state index contributed by atoms with van der Waals surface area (Å²) in [6.45, 7) is 8.87. The summed E-state index contributed by atoms with van der Waals surface area (Å²) < 4.78 is 11.2. The van der Waals surface area contributed by atoms with E-state index in [1.165, 1.54) is 0 Å². The van der Waals surface area contributed by atoms with Gasteiger partial charge in [0.25, 0.3) is 0 Å². The molecule has 0 saturated heterocycles. The van der Waals surface area contributed by atoms with Gasteiger partial charge in [0.15, 0.2) is 0 Å². The third-order valence-electron chi connectivity index (χ3n) is 1.86. The summed E-state index contributed by atoms with van der Waals surface area (Å²) in [7, 11) is 0. The number of ether oxygens (including phenoxy) is 2. The Labute approximate surface area is 97.6 Å². The fourth-order valence-corrected chi connectivity index (χ4v) is 1.28. The molecule has 1 rings (SSSR count). The van der Waals surface area contributed by atoms with Gasteiger partial charge in [-0.1, -0.05) is 13.8 Å². The van der Waals surface area contributed by atoms with Crippen molar-refractivity contribution in [2.45, 2.75) is 33.8 Å². The van der Waals surface area contributed by atoms with Gasteiger partial charge in [0.1, 0.15) is 11.5 Å². The van der Waals surface area contributed by atoms with E-state index in [1.54, 1.807) is 0 Å². The second-order valence-electron chi connectivity index (χ2n) is 4.61. The van der Waals surface area contributed by atoms with Gasteiger partial charge >= 0.3 is 0 Å². The van der Waals surface area contributed by atoms with Crippen LogP contribution >= 0.6 is 0 Å². The summed E-state index contributed by atoms with van der Waals surface area (Å²) >= 11 is 0. The molecule has 0 bridgehead atoms. The minimum atomic E-state index is 0.139. The van der Waals surface area contributed by atoms with Crippen molar-refractivity contribution in [3.05, 3.63) is 18.2 Å². The maximum atomic E-state index is 5.78. The van der Waals surface area contributed by atoms with Gasteiger partial charge in [0.2, 0.25) is 0 Å². The van der Waals surface area contributed by atoms with E-state index in [9.17, 15) is 0 Å². The predicted octanol–water partition coefficient (Wildman–Crippen LogP) is 3.09. The van der Waals surface area contributed by atoms with Crippen molar-refractivity contribution < 1.29 is 9.47 Å². The predicted molar refractivity (Wildman–Crippen MR) is 67.0 cm³/mol. The molecule has 0 aliphatic heterocycles. The Morgan fingerprint density at radius 2 is 1.69 bits per heavy atom. The van der Waals surface area contributed by atoms with Crippen LogP contribution < -0.4 is 15.2 Å². The lowest BCUT2D eigenvalue weighted by molar-refractivity contribution is 0.237. The van der Waals surface area contributed by atoms with Crippen molar-refractivity contribution in [1.82, 2.24) is 0 Å². The van der Waals surface area contributed by atoms with Gasteiger partial charge in [-0.15, -0.1) is 0 Å². The van der Waals surface area contributed by atoms with Crippen molar-refractivity contribution in [2.75, 3.05) is 12.3 Å². The lowest BCUT2D eigenvalue weighted by Crippen LogP contribution is -2.07. The summed E-state index contributed by atoms with van der Waals surface area (Å²) in [6, 6.07) is 5.50. The summed E-state index contributed by atoms with van der Waals surface area (Å²) in [5, 5.41) is 0. The molecular weight excluding hydrogens is 202 g/mol. The first kappa shape index (κ1) is 12.7. The average Bonchev–Trinajstić information content (AvgIpc) is 2.12. The van der Waals surface area contributed by atoms with Crippen molar-refractivity contribution in [1.29, 1.82) is 0 Å². The van der Waals surface area contributed by atoms with Gasteiger partial charge in [-0.3, -0.25) is 0 Å². The molecule has 0 aromatic heterocycles. The van der Waals surface area contributed by atoms with E-state index in [-0.39, 0.29) is 6.10 Å². The summed E-state index contributed by atoms with van der Waals surface area (Å²) in [5.74, 6) is 2.02. The van der Waals surface area contributed by atoms with Crippen LogP contribution in [0.3, 0.4) is 0 Å². The molecule has 0 radical (unpaired) electrons. The van der Waals surface area contributed by atoms with Crippen molar-refractivity contribution >= 4 is 5.69 Å². The molecule has 1 aromatic carbocycles. The maximum Gasteiger partial charge on any atom is 0.125 e. The van der Waals surface area contributed by atoms with Gasteiger partial charge in [0.05, 0.1) is 12.7 Å².